The summed E-state index contributed by atoms with van der Waals surface area (Å²) in [6, 6.07) is 8.84. The predicted molar refractivity (Wildman–Crippen MR) is 98.3 cm³/mol. The molecule has 1 spiro atoms. The third kappa shape index (κ3) is 2.69. The van der Waals surface area contributed by atoms with Crippen LogP contribution < -0.4 is 0 Å². The van der Waals surface area contributed by atoms with Crippen LogP contribution in [0, 0.1) is 0 Å². The van der Waals surface area contributed by atoms with Crippen molar-refractivity contribution >= 4 is 27.0 Å². The Morgan fingerprint density at radius 3 is 2.64 bits per heavy atom. The molecule has 5 nitrogen and oxygen atoms in total. The Bertz CT molecular complexity index is 947. The van der Waals surface area contributed by atoms with Gasteiger partial charge in [0.25, 0.3) is 0 Å². The molecular weight excluding hydrogens is 382 g/mol. The summed E-state index contributed by atoms with van der Waals surface area (Å²) in [7, 11) is 0. The molecular formula is C19H18BrN3O2. The number of hydrogen-bond acceptors (Lipinski definition) is 4. The zero-order valence-electron chi connectivity index (χ0n) is 13.7. The lowest BCUT2D eigenvalue weighted by Gasteiger charge is -2.25. The van der Waals surface area contributed by atoms with Crippen LogP contribution in [0.4, 0.5) is 0 Å². The maximum absolute atomic E-state index is 5.91. The molecule has 0 atom stereocenters. The fourth-order valence-electron chi connectivity index (χ4n) is 3.87. The second kappa shape index (κ2) is 5.90. The highest BCUT2D eigenvalue weighted by molar-refractivity contribution is 9.10. The van der Waals surface area contributed by atoms with Gasteiger partial charge in [-0.2, -0.15) is 5.10 Å². The fourth-order valence-corrected chi connectivity index (χ4v) is 4.25. The number of benzene rings is 1. The van der Waals surface area contributed by atoms with Gasteiger partial charge in [0.2, 0.25) is 0 Å². The predicted octanol–water partition coefficient (Wildman–Crippen LogP) is 4.01. The van der Waals surface area contributed by atoms with Gasteiger partial charge in [0.15, 0.2) is 11.4 Å². The summed E-state index contributed by atoms with van der Waals surface area (Å²) in [4.78, 5) is 4.45. The molecule has 0 unspecified atom stereocenters. The topological polar surface area (TPSA) is 60.0 Å². The first kappa shape index (κ1) is 15.5. The minimum Gasteiger partial charge on any atom is -0.348 e. The van der Waals surface area contributed by atoms with Crippen molar-refractivity contribution in [3.05, 3.63) is 46.2 Å². The number of fused-ring (bicyclic) bond motifs is 2. The molecule has 128 valence electrons. The van der Waals surface area contributed by atoms with Gasteiger partial charge >= 0.3 is 0 Å². The Labute approximate surface area is 153 Å². The molecule has 1 aromatic carbocycles. The third-order valence-electron chi connectivity index (χ3n) is 5.27. The Morgan fingerprint density at radius 1 is 1.00 bits per heavy atom. The number of ether oxygens (including phenoxy) is 2. The van der Waals surface area contributed by atoms with E-state index in [1.165, 1.54) is 16.7 Å². The number of pyridine rings is 1. The van der Waals surface area contributed by atoms with Crippen LogP contribution in [0.5, 0.6) is 0 Å². The van der Waals surface area contributed by atoms with Gasteiger partial charge in [0.05, 0.1) is 18.6 Å². The molecule has 2 aliphatic rings. The van der Waals surface area contributed by atoms with Crippen LogP contribution >= 0.6 is 15.9 Å². The van der Waals surface area contributed by atoms with Crippen LogP contribution in [0.1, 0.15) is 24.0 Å². The number of aryl methyl sites for hydroxylation is 2. The van der Waals surface area contributed by atoms with Crippen molar-refractivity contribution in [1.29, 1.82) is 0 Å². The van der Waals surface area contributed by atoms with Crippen LogP contribution in [0.15, 0.2) is 35.1 Å². The second-order valence-corrected chi connectivity index (χ2v) is 7.52. The van der Waals surface area contributed by atoms with Crippen molar-refractivity contribution in [3.63, 3.8) is 0 Å². The van der Waals surface area contributed by atoms with Crippen LogP contribution in [0.2, 0.25) is 0 Å². The summed E-state index contributed by atoms with van der Waals surface area (Å²) in [5, 5.41) is 8.08. The first-order valence-electron chi connectivity index (χ1n) is 8.62. The molecule has 1 N–H and O–H groups in total. The lowest BCUT2D eigenvalue weighted by atomic mass is 9.97. The number of aromatic nitrogens is 3. The fraction of sp³-hybridized carbons (Fsp3) is 0.368. The highest BCUT2D eigenvalue weighted by Crippen LogP contribution is 2.36. The minimum atomic E-state index is -0.360. The Kier molecular flexibility index (Phi) is 3.66. The Morgan fingerprint density at radius 2 is 1.80 bits per heavy atom. The van der Waals surface area contributed by atoms with E-state index < -0.39 is 0 Å². The molecule has 25 heavy (non-hydrogen) atoms. The molecule has 1 saturated heterocycles. The van der Waals surface area contributed by atoms with Crippen LogP contribution in [0.3, 0.4) is 0 Å². The van der Waals surface area contributed by atoms with E-state index in [1.54, 1.807) is 0 Å². The third-order valence-corrected chi connectivity index (χ3v) is 5.87. The lowest BCUT2D eigenvalue weighted by Crippen LogP contribution is -2.30. The molecule has 2 aromatic heterocycles. The Hall–Kier alpha value is -1.76. The molecule has 0 saturated carbocycles. The van der Waals surface area contributed by atoms with E-state index in [0.29, 0.717) is 13.2 Å². The summed E-state index contributed by atoms with van der Waals surface area (Å²) in [5.74, 6) is -0.360. The summed E-state index contributed by atoms with van der Waals surface area (Å²) >= 11 is 3.49. The maximum Gasteiger partial charge on any atom is 0.182 e. The van der Waals surface area contributed by atoms with Crippen LogP contribution in [-0.4, -0.2) is 34.2 Å². The standard InChI is InChI=1S/C19H18BrN3O2/c20-17-16-10-15(11-21-18(16)23-22-17)13-2-1-12-3-5-19(24-7-8-25-19)6-4-14(12)9-13/h1-2,9-11H,3-8H2,(H,21,22,23). The summed E-state index contributed by atoms with van der Waals surface area (Å²) < 4.78 is 12.7. The second-order valence-electron chi connectivity index (χ2n) is 6.72. The molecule has 0 amide bonds. The average Bonchev–Trinajstić information content (AvgIpc) is 3.21. The number of rotatable bonds is 1. The number of nitrogens with zero attached hydrogens (tertiary/aromatic N) is 2. The number of H-pyrrole nitrogens is 1. The van der Waals surface area contributed by atoms with Crippen molar-refractivity contribution < 1.29 is 9.47 Å². The first-order valence-corrected chi connectivity index (χ1v) is 9.41. The molecule has 0 bridgehead atoms. The monoisotopic (exact) mass is 399 g/mol. The number of nitrogens with one attached hydrogen (secondary N) is 1. The van der Waals surface area contributed by atoms with Gasteiger partial charge in [0.1, 0.15) is 4.60 Å². The van der Waals surface area contributed by atoms with Crippen molar-refractivity contribution in [2.75, 3.05) is 13.2 Å². The van der Waals surface area contributed by atoms with Gasteiger partial charge in [-0.3, -0.25) is 5.10 Å². The van der Waals surface area contributed by atoms with Gasteiger partial charge in [-0.25, -0.2) is 4.98 Å². The zero-order chi connectivity index (χ0) is 16.9. The van der Waals surface area contributed by atoms with Crippen molar-refractivity contribution in [2.45, 2.75) is 31.5 Å². The SMILES string of the molecule is Brc1[nH]nc2ncc(-c3ccc4c(c3)CCC3(CC4)OCCO3)cc12. The van der Waals surface area contributed by atoms with Gasteiger partial charge in [0, 0.05) is 24.6 Å². The maximum atomic E-state index is 5.91. The highest BCUT2D eigenvalue weighted by Gasteiger charge is 2.37. The number of halogens is 1. The van der Waals surface area contributed by atoms with E-state index in [9.17, 15) is 0 Å². The van der Waals surface area contributed by atoms with Gasteiger partial charge < -0.3 is 9.47 Å². The van der Waals surface area contributed by atoms with Gasteiger partial charge in [-0.15, -0.1) is 0 Å². The molecule has 3 heterocycles. The normalized spacial score (nSPS) is 19.2. The van der Waals surface area contributed by atoms with Crippen LogP contribution in [-0.2, 0) is 22.3 Å². The van der Waals surface area contributed by atoms with Crippen molar-refractivity contribution in [3.8, 4) is 11.1 Å². The van der Waals surface area contributed by atoms with Crippen molar-refractivity contribution in [2.24, 2.45) is 0 Å². The number of hydrogen-bond donors (Lipinski definition) is 1. The highest BCUT2D eigenvalue weighted by atomic mass is 79.9. The minimum absolute atomic E-state index is 0.360. The van der Waals surface area contributed by atoms with Gasteiger partial charge in [-0.05, 0) is 51.5 Å². The molecule has 1 fully saturated rings. The van der Waals surface area contributed by atoms with E-state index in [1.807, 2.05) is 6.20 Å². The smallest absolute Gasteiger partial charge is 0.182 e. The van der Waals surface area contributed by atoms with E-state index in [-0.39, 0.29) is 5.79 Å². The lowest BCUT2D eigenvalue weighted by molar-refractivity contribution is -0.164. The zero-order valence-corrected chi connectivity index (χ0v) is 15.3. The first-order chi connectivity index (χ1) is 12.2. The molecule has 1 aliphatic carbocycles. The van der Waals surface area contributed by atoms with Crippen LogP contribution in [0.25, 0.3) is 22.2 Å². The molecule has 3 aromatic rings. The molecule has 1 aliphatic heterocycles. The Balaban J connectivity index is 1.50. The van der Waals surface area contributed by atoms with E-state index in [0.717, 1.165) is 46.9 Å². The molecule has 0 radical (unpaired) electrons. The summed E-state index contributed by atoms with van der Waals surface area (Å²) in [5.41, 5.74) is 5.80. The van der Waals surface area contributed by atoms with Crippen molar-refractivity contribution in [1.82, 2.24) is 15.2 Å². The van der Waals surface area contributed by atoms with Gasteiger partial charge in [-0.1, -0.05) is 18.2 Å². The quantitative estimate of drug-likeness (QED) is 0.671. The number of aromatic amines is 1. The summed E-state index contributed by atoms with van der Waals surface area (Å²) in [6.45, 7) is 1.43. The van der Waals surface area contributed by atoms with E-state index in [2.05, 4.69) is 55.4 Å². The largest absolute Gasteiger partial charge is 0.348 e. The molecule has 6 heteroatoms. The summed E-state index contributed by atoms with van der Waals surface area (Å²) in [6.07, 6.45) is 5.73. The average molecular weight is 400 g/mol. The van der Waals surface area contributed by atoms with E-state index in [4.69, 9.17) is 9.47 Å². The molecule has 5 rings (SSSR count). The van der Waals surface area contributed by atoms with E-state index >= 15 is 0 Å².